The van der Waals surface area contributed by atoms with Gasteiger partial charge in [-0.25, -0.2) is 4.39 Å². The highest BCUT2D eigenvalue weighted by atomic mass is 79.9. The molecule has 0 bridgehead atoms. The van der Waals surface area contributed by atoms with Crippen molar-refractivity contribution in [3.05, 3.63) is 27.2 Å². The number of hydrogen-bond donors (Lipinski definition) is 1. The molecule has 0 spiro atoms. The summed E-state index contributed by atoms with van der Waals surface area (Å²) in [5.41, 5.74) is 1.63. The fourth-order valence-corrected chi connectivity index (χ4v) is 3.95. The molecule has 1 aromatic rings. The molecule has 3 nitrogen and oxygen atoms in total. The number of nitrogens with zero attached hydrogens (tertiary/aromatic N) is 2. The standard InChI is InChI=1S/C19H29BrClFN2O/c1-2-18(22)16-13-15(14-17(20)19(16)21)24-10-8-23(9-11-24)7-5-3-4-6-12-25/h13-14,18,25H,2-12H2,1H3. The van der Waals surface area contributed by atoms with Crippen molar-refractivity contribution in [3.63, 3.8) is 0 Å². The van der Waals surface area contributed by atoms with Crippen LogP contribution in [0.1, 0.15) is 50.8 Å². The first-order valence-corrected chi connectivity index (χ1v) is 10.4. The van der Waals surface area contributed by atoms with Gasteiger partial charge >= 0.3 is 0 Å². The predicted molar refractivity (Wildman–Crippen MR) is 107 cm³/mol. The number of piperazine rings is 1. The van der Waals surface area contributed by atoms with Gasteiger partial charge < -0.3 is 10.0 Å². The van der Waals surface area contributed by atoms with Crippen LogP contribution < -0.4 is 4.90 Å². The topological polar surface area (TPSA) is 26.7 Å². The molecule has 1 aliphatic rings. The van der Waals surface area contributed by atoms with E-state index in [0.717, 1.165) is 55.7 Å². The Morgan fingerprint density at radius 1 is 1.16 bits per heavy atom. The molecule has 0 aromatic heterocycles. The fraction of sp³-hybridized carbons (Fsp3) is 0.684. The highest BCUT2D eigenvalue weighted by Crippen LogP contribution is 2.37. The van der Waals surface area contributed by atoms with Crippen LogP contribution in [0.3, 0.4) is 0 Å². The monoisotopic (exact) mass is 434 g/mol. The maximum atomic E-state index is 14.2. The lowest BCUT2D eigenvalue weighted by atomic mass is 10.1. The zero-order chi connectivity index (χ0) is 18.2. The fourth-order valence-electron chi connectivity index (χ4n) is 3.26. The normalized spacial score (nSPS) is 17.1. The van der Waals surface area contributed by atoms with Crippen LogP contribution in [0.15, 0.2) is 16.6 Å². The van der Waals surface area contributed by atoms with Gasteiger partial charge in [0.25, 0.3) is 0 Å². The number of benzene rings is 1. The molecule has 1 fully saturated rings. The van der Waals surface area contributed by atoms with E-state index in [9.17, 15) is 4.39 Å². The van der Waals surface area contributed by atoms with Crippen LogP contribution in [0.2, 0.25) is 5.02 Å². The van der Waals surface area contributed by atoms with E-state index >= 15 is 0 Å². The van der Waals surface area contributed by atoms with Gasteiger partial charge in [0.05, 0.1) is 5.02 Å². The van der Waals surface area contributed by atoms with Crippen LogP contribution in [0.4, 0.5) is 10.1 Å². The summed E-state index contributed by atoms with van der Waals surface area (Å²) in [6.45, 7) is 7.22. The minimum Gasteiger partial charge on any atom is -0.396 e. The van der Waals surface area contributed by atoms with E-state index < -0.39 is 6.17 Å². The van der Waals surface area contributed by atoms with E-state index in [-0.39, 0.29) is 0 Å². The minimum absolute atomic E-state index is 0.301. The van der Waals surface area contributed by atoms with Crippen LogP contribution in [-0.4, -0.2) is 49.3 Å². The summed E-state index contributed by atoms with van der Waals surface area (Å²) in [4.78, 5) is 4.81. The maximum absolute atomic E-state index is 14.2. The molecular weight excluding hydrogens is 407 g/mol. The van der Waals surface area contributed by atoms with Crippen LogP contribution >= 0.6 is 27.5 Å². The Balaban J connectivity index is 1.89. The Labute approximate surface area is 164 Å². The molecule has 0 saturated carbocycles. The molecule has 6 heteroatoms. The van der Waals surface area contributed by atoms with Crippen molar-refractivity contribution in [2.24, 2.45) is 0 Å². The summed E-state index contributed by atoms with van der Waals surface area (Å²) in [7, 11) is 0. The van der Waals surface area contributed by atoms with Gasteiger partial charge in [0.1, 0.15) is 6.17 Å². The lowest BCUT2D eigenvalue weighted by Crippen LogP contribution is -2.46. The Morgan fingerprint density at radius 3 is 2.48 bits per heavy atom. The van der Waals surface area contributed by atoms with Crippen LogP contribution in [0.25, 0.3) is 0 Å². The zero-order valence-corrected chi connectivity index (χ0v) is 17.3. The van der Waals surface area contributed by atoms with Gasteiger partial charge in [-0.1, -0.05) is 31.4 Å². The molecule has 1 N–H and O–H groups in total. The smallest absolute Gasteiger partial charge is 0.126 e. The Hall–Kier alpha value is -0.360. The second-order valence-corrected chi connectivity index (χ2v) is 7.91. The SMILES string of the molecule is CCC(F)c1cc(N2CCN(CCCCCCO)CC2)cc(Br)c1Cl. The van der Waals surface area contributed by atoms with Crippen LogP contribution in [0.5, 0.6) is 0 Å². The van der Waals surface area contributed by atoms with Crippen LogP contribution in [-0.2, 0) is 0 Å². The number of hydrogen-bond acceptors (Lipinski definition) is 3. The van der Waals surface area contributed by atoms with E-state index in [1.165, 1.54) is 12.8 Å². The molecule has 1 aliphatic heterocycles. The minimum atomic E-state index is -1.02. The molecule has 1 unspecified atom stereocenters. The highest BCUT2D eigenvalue weighted by Gasteiger charge is 2.21. The van der Waals surface area contributed by atoms with E-state index in [1.807, 2.05) is 19.1 Å². The molecule has 2 rings (SSSR count). The van der Waals surface area contributed by atoms with Crippen molar-refractivity contribution in [2.75, 3.05) is 44.2 Å². The summed E-state index contributed by atoms with van der Waals surface area (Å²) in [5, 5.41) is 9.29. The maximum Gasteiger partial charge on any atom is 0.126 e. The molecular formula is C19H29BrClFN2O. The largest absolute Gasteiger partial charge is 0.396 e. The molecule has 1 aromatic carbocycles. The molecule has 1 saturated heterocycles. The van der Waals surface area contributed by atoms with Gasteiger partial charge in [0.2, 0.25) is 0 Å². The number of unbranched alkanes of at least 4 members (excludes halogenated alkanes) is 3. The zero-order valence-electron chi connectivity index (χ0n) is 15.0. The van der Waals surface area contributed by atoms with Crippen molar-refractivity contribution in [1.29, 1.82) is 0 Å². The lowest BCUT2D eigenvalue weighted by molar-refractivity contribution is 0.247. The third kappa shape index (κ3) is 6.09. The molecule has 1 atom stereocenters. The average molecular weight is 436 g/mol. The van der Waals surface area contributed by atoms with Crippen molar-refractivity contribution >= 4 is 33.2 Å². The number of aliphatic hydroxyl groups excluding tert-OH is 1. The van der Waals surface area contributed by atoms with Crippen LogP contribution in [0, 0.1) is 0 Å². The van der Waals surface area contributed by atoms with Gasteiger partial charge in [-0.2, -0.15) is 0 Å². The third-order valence-electron chi connectivity index (χ3n) is 4.86. The molecule has 0 amide bonds. The molecule has 1 heterocycles. The van der Waals surface area contributed by atoms with Gasteiger partial charge in [-0.15, -0.1) is 0 Å². The first-order chi connectivity index (χ1) is 12.1. The second kappa shape index (κ2) is 10.7. The molecule has 142 valence electrons. The number of rotatable bonds is 9. The average Bonchev–Trinajstić information content (AvgIpc) is 2.63. The summed E-state index contributed by atoms with van der Waals surface area (Å²) in [6.07, 6.45) is 3.80. The Bertz CT molecular complexity index is 538. The summed E-state index contributed by atoms with van der Waals surface area (Å²) in [5.74, 6) is 0. The molecule has 25 heavy (non-hydrogen) atoms. The van der Waals surface area contributed by atoms with Gasteiger partial charge in [-0.05, 0) is 53.9 Å². The van der Waals surface area contributed by atoms with Crippen molar-refractivity contribution in [3.8, 4) is 0 Å². The number of anilines is 1. The van der Waals surface area contributed by atoms with E-state index in [1.54, 1.807) is 0 Å². The predicted octanol–water partition coefficient (Wildman–Crippen LogP) is 5.20. The quantitative estimate of drug-likeness (QED) is 0.540. The number of halogens is 3. The van der Waals surface area contributed by atoms with Gasteiger partial charge in [0.15, 0.2) is 0 Å². The Kier molecular flexibility index (Phi) is 8.97. The first kappa shape index (κ1) is 20.9. The first-order valence-electron chi connectivity index (χ1n) is 9.28. The van der Waals surface area contributed by atoms with Crippen molar-refractivity contribution in [2.45, 2.75) is 45.2 Å². The highest BCUT2D eigenvalue weighted by molar-refractivity contribution is 9.10. The number of aliphatic hydroxyl groups is 1. The Morgan fingerprint density at radius 2 is 1.84 bits per heavy atom. The summed E-state index contributed by atoms with van der Waals surface area (Å²) >= 11 is 9.74. The van der Waals surface area contributed by atoms with Crippen molar-refractivity contribution < 1.29 is 9.50 Å². The van der Waals surface area contributed by atoms with Gasteiger partial charge in [0, 0.05) is 48.5 Å². The lowest BCUT2D eigenvalue weighted by Gasteiger charge is -2.36. The van der Waals surface area contributed by atoms with E-state index in [2.05, 4.69) is 25.7 Å². The van der Waals surface area contributed by atoms with E-state index in [4.69, 9.17) is 16.7 Å². The second-order valence-electron chi connectivity index (χ2n) is 6.67. The third-order valence-corrected chi connectivity index (χ3v) is 6.13. The molecule has 0 radical (unpaired) electrons. The van der Waals surface area contributed by atoms with Gasteiger partial charge in [-0.3, -0.25) is 4.90 Å². The van der Waals surface area contributed by atoms with E-state index in [0.29, 0.717) is 23.6 Å². The summed E-state index contributed by atoms with van der Waals surface area (Å²) < 4.78 is 15.0. The molecule has 0 aliphatic carbocycles. The van der Waals surface area contributed by atoms with Crippen molar-refractivity contribution in [1.82, 2.24) is 4.90 Å². The number of alkyl halides is 1. The summed E-state index contributed by atoms with van der Waals surface area (Å²) in [6, 6.07) is 3.91.